The van der Waals surface area contributed by atoms with E-state index < -0.39 is 29.8 Å². The Kier molecular flexibility index (Phi) is 5.36. The summed E-state index contributed by atoms with van der Waals surface area (Å²) in [7, 11) is 2.63. The maximum Gasteiger partial charge on any atom is 0.411 e. The van der Waals surface area contributed by atoms with Crippen molar-refractivity contribution in [1.29, 1.82) is 0 Å². The van der Waals surface area contributed by atoms with Crippen molar-refractivity contribution in [3.8, 4) is 0 Å². The van der Waals surface area contributed by atoms with E-state index in [-0.39, 0.29) is 0 Å². The van der Waals surface area contributed by atoms with E-state index in [0.717, 1.165) is 25.0 Å². The molecule has 2 aliphatic heterocycles. The monoisotopic (exact) mass is 571 g/mol. The lowest BCUT2D eigenvalue weighted by atomic mass is 9.86. The highest BCUT2D eigenvalue weighted by molar-refractivity contribution is 14.1. The second-order valence-corrected chi connectivity index (χ2v) is 8.92. The van der Waals surface area contributed by atoms with Crippen LogP contribution in [0.1, 0.15) is 12.0 Å². The van der Waals surface area contributed by atoms with Crippen LogP contribution in [0.3, 0.4) is 0 Å². The first-order valence-corrected chi connectivity index (χ1v) is 10.8. The Hall–Kier alpha value is -2.01. The Bertz CT molecular complexity index is 988. The average molecular weight is 572 g/mol. The van der Waals surface area contributed by atoms with Gasteiger partial charge in [-0.05, 0) is 56.7 Å². The number of nitrogens with zero attached hydrogens (tertiary/aromatic N) is 1. The van der Waals surface area contributed by atoms with Gasteiger partial charge in [0, 0.05) is 25.7 Å². The summed E-state index contributed by atoms with van der Waals surface area (Å²) in [5, 5.41) is 7.06. The van der Waals surface area contributed by atoms with Gasteiger partial charge in [0.1, 0.15) is 17.7 Å². The standard InChI is InChI=1S/C20H19BrIN3O4/c1-28-17(26)15-10-20(24-14-9-4-3-8-13(14)22)11-6-5-7-12(21)16(11)23-18(20)25(15)19(27)29-2/h3-9,15,18,23-24H,10H2,1-2H3/t15-,18-,20?/m1/s1. The molecule has 152 valence electrons. The molecule has 1 saturated heterocycles. The molecule has 0 spiro atoms. The van der Waals surface area contributed by atoms with Gasteiger partial charge in [0.05, 0.1) is 19.9 Å². The topological polar surface area (TPSA) is 79.9 Å². The van der Waals surface area contributed by atoms with Crippen molar-refractivity contribution < 1.29 is 19.1 Å². The van der Waals surface area contributed by atoms with Gasteiger partial charge in [-0.25, -0.2) is 9.59 Å². The summed E-state index contributed by atoms with van der Waals surface area (Å²) in [5.74, 6) is -0.480. The number of methoxy groups -OCH3 is 2. The highest BCUT2D eigenvalue weighted by Crippen LogP contribution is 2.53. The first kappa shape index (κ1) is 20.3. The number of hydrogen-bond acceptors (Lipinski definition) is 6. The van der Waals surface area contributed by atoms with Crippen LogP contribution in [-0.4, -0.2) is 43.4 Å². The molecule has 1 unspecified atom stereocenters. The molecular weight excluding hydrogens is 553 g/mol. The van der Waals surface area contributed by atoms with Gasteiger partial charge >= 0.3 is 12.1 Å². The normalized spacial score (nSPS) is 24.3. The molecule has 7 nitrogen and oxygen atoms in total. The average Bonchev–Trinajstić information content (AvgIpc) is 3.20. The predicted molar refractivity (Wildman–Crippen MR) is 121 cm³/mol. The first-order chi connectivity index (χ1) is 13.9. The number of likely N-dealkylation sites (tertiary alicyclic amines) is 1. The van der Waals surface area contributed by atoms with Crippen molar-refractivity contribution >= 4 is 62.0 Å². The fourth-order valence-corrected chi connectivity index (χ4v) is 5.23. The highest BCUT2D eigenvalue weighted by Gasteiger charge is 2.62. The minimum absolute atomic E-state index is 0.334. The molecule has 2 aromatic carbocycles. The number of nitrogens with one attached hydrogen (secondary N) is 2. The quantitative estimate of drug-likeness (QED) is 0.426. The third-order valence-corrected chi connectivity index (χ3v) is 7.06. The number of anilines is 2. The Morgan fingerprint density at radius 2 is 1.97 bits per heavy atom. The number of esters is 1. The number of carbonyl (C=O) groups excluding carboxylic acids is 2. The molecule has 1 amide bonds. The summed E-state index contributed by atoms with van der Waals surface area (Å²) in [6.45, 7) is 0. The number of fused-ring (bicyclic) bond motifs is 3. The largest absolute Gasteiger partial charge is 0.467 e. The van der Waals surface area contributed by atoms with Crippen LogP contribution in [0.5, 0.6) is 0 Å². The molecule has 9 heteroatoms. The summed E-state index contributed by atoms with van der Waals surface area (Å²) >= 11 is 5.86. The molecule has 0 saturated carbocycles. The van der Waals surface area contributed by atoms with Gasteiger partial charge in [0.15, 0.2) is 0 Å². The summed E-state index contributed by atoms with van der Waals surface area (Å²) < 4.78 is 11.9. The number of para-hydroxylation sites is 2. The zero-order chi connectivity index (χ0) is 20.8. The van der Waals surface area contributed by atoms with E-state index in [1.807, 2.05) is 42.5 Å². The number of rotatable bonds is 3. The molecule has 0 aliphatic carbocycles. The Morgan fingerprint density at radius 1 is 1.21 bits per heavy atom. The van der Waals surface area contributed by atoms with Crippen LogP contribution in [0, 0.1) is 3.57 Å². The molecule has 2 aromatic rings. The van der Waals surface area contributed by atoms with Gasteiger partial charge in [0.25, 0.3) is 0 Å². The van der Waals surface area contributed by atoms with Crippen LogP contribution in [0.25, 0.3) is 0 Å². The van der Waals surface area contributed by atoms with Crippen molar-refractivity contribution in [3.05, 3.63) is 56.1 Å². The van der Waals surface area contributed by atoms with Crippen LogP contribution in [0.4, 0.5) is 16.2 Å². The van der Waals surface area contributed by atoms with Crippen molar-refractivity contribution in [2.75, 3.05) is 24.9 Å². The molecule has 4 rings (SSSR count). The molecule has 3 atom stereocenters. The molecular formula is C20H19BrIN3O4. The van der Waals surface area contributed by atoms with E-state index in [1.54, 1.807) is 0 Å². The first-order valence-electron chi connectivity index (χ1n) is 8.95. The molecule has 1 fully saturated rings. The lowest BCUT2D eigenvalue weighted by molar-refractivity contribution is -0.145. The van der Waals surface area contributed by atoms with E-state index in [4.69, 9.17) is 9.47 Å². The zero-order valence-corrected chi connectivity index (χ0v) is 19.5. The lowest BCUT2D eigenvalue weighted by Gasteiger charge is -2.34. The number of halogens is 2. The summed E-state index contributed by atoms with van der Waals surface area (Å²) in [4.78, 5) is 26.7. The van der Waals surface area contributed by atoms with E-state index in [2.05, 4.69) is 49.2 Å². The number of carbonyl (C=O) groups is 2. The second kappa shape index (κ2) is 7.67. The van der Waals surface area contributed by atoms with E-state index >= 15 is 0 Å². The molecule has 2 heterocycles. The van der Waals surface area contributed by atoms with Crippen molar-refractivity contribution in [2.24, 2.45) is 0 Å². The Morgan fingerprint density at radius 3 is 2.66 bits per heavy atom. The molecule has 0 radical (unpaired) electrons. The smallest absolute Gasteiger partial charge is 0.411 e. The Balaban J connectivity index is 1.89. The number of ether oxygens (including phenoxy) is 2. The van der Waals surface area contributed by atoms with Gasteiger partial charge in [-0.3, -0.25) is 4.90 Å². The van der Waals surface area contributed by atoms with Crippen molar-refractivity contribution in [2.45, 2.75) is 24.2 Å². The fourth-order valence-electron chi connectivity index (χ4n) is 4.22. The molecule has 29 heavy (non-hydrogen) atoms. The van der Waals surface area contributed by atoms with E-state index in [1.165, 1.54) is 19.1 Å². The summed E-state index contributed by atoms with van der Waals surface area (Å²) in [6.07, 6.45) is -0.794. The van der Waals surface area contributed by atoms with Gasteiger partial charge in [-0.15, -0.1) is 0 Å². The third kappa shape index (κ3) is 3.14. The molecule has 2 aliphatic rings. The van der Waals surface area contributed by atoms with Crippen LogP contribution < -0.4 is 10.6 Å². The van der Waals surface area contributed by atoms with E-state index in [9.17, 15) is 9.59 Å². The fraction of sp³-hybridized carbons (Fsp3) is 0.300. The van der Waals surface area contributed by atoms with Crippen LogP contribution in [0.15, 0.2) is 46.9 Å². The zero-order valence-electron chi connectivity index (χ0n) is 15.7. The number of benzene rings is 2. The highest BCUT2D eigenvalue weighted by atomic mass is 127. The SMILES string of the molecule is COC(=O)[C@H]1CC2(Nc3ccccc3I)c3cccc(Br)c3N[C@@H]2N1C(=O)OC. The van der Waals surface area contributed by atoms with Gasteiger partial charge in [-0.2, -0.15) is 0 Å². The Labute approximate surface area is 190 Å². The maximum atomic E-state index is 12.7. The van der Waals surface area contributed by atoms with Crippen molar-refractivity contribution in [1.82, 2.24) is 4.90 Å². The second-order valence-electron chi connectivity index (χ2n) is 6.91. The van der Waals surface area contributed by atoms with Crippen LogP contribution in [0.2, 0.25) is 0 Å². The molecule has 2 N–H and O–H groups in total. The molecule has 0 bridgehead atoms. The summed E-state index contributed by atoms with van der Waals surface area (Å²) in [5.41, 5.74) is 2.03. The van der Waals surface area contributed by atoms with Crippen molar-refractivity contribution in [3.63, 3.8) is 0 Å². The van der Waals surface area contributed by atoms with E-state index in [0.29, 0.717) is 6.42 Å². The van der Waals surface area contributed by atoms with Gasteiger partial charge < -0.3 is 20.1 Å². The molecule has 0 aromatic heterocycles. The van der Waals surface area contributed by atoms with Crippen LogP contribution in [-0.2, 0) is 19.8 Å². The number of hydrogen-bond donors (Lipinski definition) is 2. The minimum Gasteiger partial charge on any atom is -0.467 e. The summed E-state index contributed by atoms with van der Waals surface area (Å²) in [6, 6.07) is 13.0. The minimum atomic E-state index is -0.786. The van der Waals surface area contributed by atoms with Gasteiger partial charge in [0.2, 0.25) is 0 Å². The lowest BCUT2D eigenvalue weighted by Crippen LogP contribution is -2.52. The maximum absolute atomic E-state index is 12.7. The predicted octanol–water partition coefficient (Wildman–Crippen LogP) is 4.13. The van der Waals surface area contributed by atoms with Gasteiger partial charge in [-0.1, -0.05) is 24.3 Å². The number of amides is 1. The third-order valence-electron chi connectivity index (χ3n) is 5.46. The van der Waals surface area contributed by atoms with Crippen LogP contribution >= 0.6 is 38.5 Å².